The van der Waals surface area contributed by atoms with E-state index in [9.17, 15) is 4.79 Å². The van der Waals surface area contributed by atoms with Crippen LogP contribution in [0.4, 0.5) is 0 Å². The predicted octanol–water partition coefficient (Wildman–Crippen LogP) is 2.00. The van der Waals surface area contributed by atoms with Crippen molar-refractivity contribution in [3.05, 3.63) is 30.0 Å². The summed E-state index contributed by atoms with van der Waals surface area (Å²) in [6, 6.07) is 7.72. The highest BCUT2D eigenvalue weighted by Crippen LogP contribution is 2.16. The molecule has 2 aromatic rings. The number of para-hydroxylation sites is 1. The molecule has 0 saturated heterocycles. The summed E-state index contributed by atoms with van der Waals surface area (Å²) >= 11 is 0. The average Bonchev–Trinajstić information content (AvgIpc) is 2.45. The minimum absolute atomic E-state index is 0.0516. The first-order chi connectivity index (χ1) is 6.20. The Hall–Kier alpha value is -1.64. The molecule has 0 spiro atoms. The second kappa shape index (κ2) is 2.69. The fraction of sp³-hybridized carbons (Fsp3) is 0.200. The Morgan fingerprint density at radius 2 is 2.08 bits per heavy atom. The van der Waals surface area contributed by atoms with Crippen molar-refractivity contribution in [3.8, 4) is 0 Å². The van der Waals surface area contributed by atoms with Crippen LogP contribution in [0.1, 0.15) is 17.4 Å². The van der Waals surface area contributed by atoms with Gasteiger partial charge in [-0.2, -0.15) is 5.10 Å². The van der Waals surface area contributed by atoms with E-state index in [2.05, 4.69) is 5.10 Å². The molecule has 0 radical (unpaired) electrons. The summed E-state index contributed by atoms with van der Waals surface area (Å²) in [5.41, 5.74) is 1.78. The highest BCUT2D eigenvalue weighted by atomic mass is 16.2. The molecule has 0 N–H and O–H groups in total. The van der Waals surface area contributed by atoms with Gasteiger partial charge in [-0.05, 0) is 13.0 Å². The normalized spacial score (nSPS) is 10.6. The van der Waals surface area contributed by atoms with E-state index in [-0.39, 0.29) is 5.91 Å². The Kier molecular flexibility index (Phi) is 1.65. The summed E-state index contributed by atoms with van der Waals surface area (Å²) in [7, 11) is 0. The molecule has 0 unspecified atom stereocenters. The first-order valence-electron chi connectivity index (χ1n) is 4.15. The summed E-state index contributed by atoms with van der Waals surface area (Å²) in [5, 5.41) is 5.20. The van der Waals surface area contributed by atoms with Gasteiger partial charge >= 0.3 is 0 Å². The number of rotatable bonds is 0. The van der Waals surface area contributed by atoms with Gasteiger partial charge < -0.3 is 0 Å². The highest BCUT2D eigenvalue weighted by Gasteiger charge is 2.08. The molecule has 0 saturated carbocycles. The Morgan fingerprint density at radius 1 is 1.38 bits per heavy atom. The summed E-state index contributed by atoms with van der Waals surface area (Å²) in [5.74, 6) is -0.0516. The molecule has 0 fully saturated rings. The van der Waals surface area contributed by atoms with Crippen LogP contribution in [-0.4, -0.2) is 15.7 Å². The largest absolute Gasteiger partial charge is 0.273 e. The molecule has 2 rings (SSSR count). The van der Waals surface area contributed by atoms with Crippen molar-refractivity contribution in [3.63, 3.8) is 0 Å². The van der Waals surface area contributed by atoms with Gasteiger partial charge in [0.1, 0.15) is 0 Å². The van der Waals surface area contributed by atoms with Crippen molar-refractivity contribution in [2.75, 3.05) is 0 Å². The summed E-state index contributed by atoms with van der Waals surface area (Å²) < 4.78 is 1.44. The molecule has 0 atom stereocenters. The lowest BCUT2D eigenvalue weighted by molar-refractivity contribution is 0.0926. The van der Waals surface area contributed by atoms with Crippen molar-refractivity contribution in [1.82, 2.24) is 9.78 Å². The van der Waals surface area contributed by atoms with Crippen molar-refractivity contribution >= 4 is 16.8 Å². The smallest absolute Gasteiger partial charge is 0.244 e. The van der Waals surface area contributed by atoms with Gasteiger partial charge in [0.15, 0.2) is 0 Å². The van der Waals surface area contributed by atoms with Crippen LogP contribution in [-0.2, 0) is 0 Å². The number of aryl methyl sites for hydroxylation is 1. The van der Waals surface area contributed by atoms with E-state index < -0.39 is 0 Å². The zero-order valence-electron chi connectivity index (χ0n) is 7.61. The van der Waals surface area contributed by atoms with E-state index in [1.165, 1.54) is 11.6 Å². The number of aromatic nitrogens is 2. The second-order valence-electron chi connectivity index (χ2n) is 3.03. The molecule has 0 amide bonds. The molecular weight excluding hydrogens is 164 g/mol. The van der Waals surface area contributed by atoms with Gasteiger partial charge in [0.05, 0.1) is 11.2 Å². The summed E-state index contributed by atoms with van der Waals surface area (Å²) in [6.07, 6.45) is 0. The first-order valence-corrected chi connectivity index (χ1v) is 4.15. The molecular formula is C10H10N2O. The van der Waals surface area contributed by atoms with E-state index in [4.69, 9.17) is 0 Å². The van der Waals surface area contributed by atoms with Crippen LogP contribution < -0.4 is 0 Å². The molecule has 0 aliphatic rings. The zero-order chi connectivity index (χ0) is 9.42. The fourth-order valence-electron chi connectivity index (χ4n) is 1.46. The molecule has 13 heavy (non-hydrogen) atoms. The van der Waals surface area contributed by atoms with Gasteiger partial charge in [-0.15, -0.1) is 0 Å². The van der Waals surface area contributed by atoms with Crippen LogP contribution in [0.15, 0.2) is 24.3 Å². The Labute approximate surface area is 76.0 Å². The van der Waals surface area contributed by atoms with Gasteiger partial charge in [-0.25, -0.2) is 4.68 Å². The van der Waals surface area contributed by atoms with Crippen molar-refractivity contribution < 1.29 is 4.79 Å². The van der Waals surface area contributed by atoms with Gasteiger partial charge in [-0.1, -0.05) is 18.2 Å². The SMILES string of the molecule is CC(=O)n1nc(C)c2ccccc21. The molecule has 1 heterocycles. The Morgan fingerprint density at radius 3 is 2.77 bits per heavy atom. The standard InChI is InChI=1S/C10H10N2O/c1-7-9-5-3-4-6-10(9)12(11-7)8(2)13/h3-6H,1-2H3. The van der Waals surface area contributed by atoms with Crippen LogP contribution in [0.5, 0.6) is 0 Å². The predicted molar refractivity (Wildman–Crippen MR) is 50.8 cm³/mol. The minimum atomic E-state index is -0.0516. The van der Waals surface area contributed by atoms with Gasteiger partial charge in [0.2, 0.25) is 5.91 Å². The van der Waals surface area contributed by atoms with Gasteiger partial charge in [-0.3, -0.25) is 4.79 Å². The molecule has 1 aromatic heterocycles. The third kappa shape index (κ3) is 1.13. The highest BCUT2D eigenvalue weighted by molar-refractivity contribution is 5.91. The van der Waals surface area contributed by atoms with E-state index >= 15 is 0 Å². The molecule has 3 nitrogen and oxygen atoms in total. The minimum Gasteiger partial charge on any atom is -0.273 e. The number of carbonyl (C=O) groups excluding carboxylic acids is 1. The fourth-order valence-corrected chi connectivity index (χ4v) is 1.46. The maximum absolute atomic E-state index is 11.2. The Balaban J connectivity index is 2.85. The van der Waals surface area contributed by atoms with Crippen LogP contribution in [0.25, 0.3) is 10.9 Å². The van der Waals surface area contributed by atoms with E-state index in [0.29, 0.717) is 0 Å². The van der Waals surface area contributed by atoms with E-state index in [1.54, 1.807) is 0 Å². The third-order valence-corrected chi connectivity index (χ3v) is 2.07. The number of carbonyl (C=O) groups is 1. The van der Waals surface area contributed by atoms with Crippen LogP contribution in [0.3, 0.4) is 0 Å². The molecule has 0 aliphatic heterocycles. The number of hydrogen-bond donors (Lipinski definition) is 0. The molecule has 0 bridgehead atoms. The van der Waals surface area contributed by atoms with Crippen LogP contribution >= 0.6 is 0 Å². The lowest BCUT2D eigenvalue weighted by Crippen LogP contribution is -2.06. The number of nitrogens with zero attached hydrogens (tertiary/aromatic N) is 2. The number of hydrogen-bond acceptors (Lipinski definition) is 2. The Bertz CT molecular complexity index is 471. The van der Waals surface area contributed by atoms with Gasteiger partial charge in [0, 0.05) is 12.3 Å². The van der Waals surface area contributed by atoms with Crippen molar-refractivity contribution in [2.24, 2.45) is 0 Å². The van der Waals surface area contributed by atoms with E-state index in [0.717, 1.165) is 16.6 Å². The van der Waals surface area contributed by atoms with Crippen LogP contribution in [0.2, 0.25) is 0 Å². The zero-order valence-corrected chi connectivity index (χ0v) is 7.61. The molecule has 66 valence electrons. The van der Waals surface area contributed by atoms with E-state index in [1.807, 2.05) is 31.2 Å². The molecule has 1 aromatic carbocycles. The monoisotopic (exact) mass is 174 g/mol. The lowest BCUT2D eigenvalue weighted by Gasteiger charge is -1.94. The summed E-state index contributed by atoms with van der Waals surface area (Å²) in [6.45, 7) is 3.42. The molecule has 3 heteroatoms. The maximum atomic E-state index is 11.2. The number of fused-ring (bicyclic) bond motifs is 1. The lowest BCUT2D eigenvalue weighted by atomic mass is 10.2. The molecule has 0 aliphatic carbocycles. The average molecular weight is 174 g/mol. The van der Waals surface area contributed by atoms with Crippen LogP contribution in [0, 0.1) is 6.92 Å². The number of benzene rings is 1. The topological polar surface area (TPSA) is 34.9 Å². The van der Waals surface area contributed by atoms with Gasteiger partial charge in [0.25, 0.3) is 0 Å². The first kappa shape index (κ1) is 7.98. The van der Waals surface area contributed by atoms with Crippen molar-refractivity contribution in [2.45, 2.75) is 13.8 Å². The third-order valence-electron chi connectivity index (χ3n) is 2.07. The maximum Gasteiger partial charge on any atom is 0.244 e. The second-order valence-corrected chi connectivity index (χ2v) is 3.03. The quantitative estimate of drug-likeness (QED) is 0.612. The summed E-state index contributed by atoms with van der Waals surface area (Å²) in [4.78, 5) is 11.2. The van der Waals surface area contributed by atoms with Crippen molar-refractivity contribution in [1.29, 1.82) is 0 Å².